The van der Waals surface area contributed by atoms with Crippen LogP contribution in [0.2, 0.25) is 0 Å². The molecule has 2 amide bonds. The van der Waals surface area contributed by atoms with Gasteiger partial charge in [-0.15, -0.1) is 0 Å². The molecule has 0 heterocycles. The van der Waals surface area contributed by atoms with Crippen molar-refractivity contribution in [3.63, 3.8) is 0 Å². The molecule has 6 heteroatoms. The molecule has 128 valence electrons. The van der Waals surface area contributed by atoms with Crippen LogP contribution >= 0.6 is 0 Å². The highest BCUT2D eigenvalue weighted by molar-refractivity contribution is 5.97. The fourth-order valence-corrected chi connectivity index (χ4v) is 1.92. The van der Waals surface area contributed by atoms with Crippen LogP contribution in [0.15, 0.2) is 18.2 Å². The molecule has 6 nitrogen and oxygen atoms in total. The van der Waals surface area contributed by atoms with Crippen molar-refractivity contribution in [1.82, 2.24) is 10.6 Å². The molecule has 0 bridgehead atoms. The van der Waals surface area contributed by atoms with E-state index < -0.39 is 0 Å². The van der Waals surface area contributed by atoms with E-state index in [2.05, 4.69) is 10.6 Å². The summed E-state index contributed by atoms with van der Waals surface area (Å²) in [4.78, 5) is 23.9. The van der Waals surface area contributed by atoms with Crippen molar-refractivity contribution < 1.29 is 19.1 Å². The van der Waals surface area contributed by atoms with Gasteiger partial charge in [-0.2, -0.15) is 0 Å². The van der Waals surface area contributed by atoms with Gasteiger partial charge in [0.2, 0.25) is 5.91 Å². The zero-order valence-corrected chi connectivity index (χ0v) is 14.5. The minimum atomic E-state index is -0.335. The average molecular weight is 322 g/mol. The number of hydrogen-bond donors (Lipinski definition) is 2. The van der Waals surface area contributed by atoms with Crippen molar-refractivity contribution in [2.45, 2.75) is 40.2 Å². The monoisotopic (exact) mass is 322 g/mol. The molecule has 0 aliphatic heterocycles. The molecule has 1 rings (SSSR count). The normalized spacial score (nSPS) is 10.8. The summed E-state index contributed by atoms with van der Waals surface area (Å²) in [5.74, 6) is 0.539. The van der Waals surface area contributed by atoms with Crippen LogP contribution in [-0.4, -0.2) is 37.1 Å². The number of hydrogen-bond acceptors (Lipinski definition) is 4. The summed E-state index contributed by atoms with van der Waals surface area (Å²) < 4.78 is 10.9. The number of nitrogens with one attached hydrogen (secondary N) is 2. The first kappa shape index (κ1) is 18.8. The Kier molecular flexibility index (Phi) is 6.88. The minimum absolute atomic E-state index is 0.0761. The Hall–Kier alpha value is -2.24. The van der Waals surface area contributed by atoms with E-state index in [9.17, 15) is 9.59 Å². The molecule has 0 radical (unpaired) electrons. The molecular formula is C17H26N2O4. The van der Waals surface area contributed by atoms with Crippen molar-refractivity contribution in [3.05, 3.63) is 23.8 Å². The van der Waals surface area contributed by atoms with Gasteiger partial charge in [-0.05, 0) is 52.8 Å². The highest BCUT2D eigenvalue weighted by Gasteiger charge is 2.16. The molecule has 0 spiro atoms. The van der Waals surface area contributed by atoms with Crippen LogP contribution in [0.4, 0.5) is 0 Å². The quantitative estimate of drug-likeness (QED) is 0.806. The smallest absolute Gasteiger partial charge is 0.251 e. The zero-order valence-electron chi connectivity index (χ0n) is 14.5. The van der Waals surface area contributed by atoms with Gasteiger partial charge >= 0.3 is 0 Å². The van der Waals surface area contributed by atoms with Gasteiger partial charge in [0.15, 0.2) is 11.5 Å². The van der Waals surface area contributed by atoms with Crippen LogP contribution in [0.5, 0.6) is 11.5 Å². The molecule has 2 N–H and O–H groups in total. The summed E-state index contributed by atoms with van der Waals surface area (Å²) in [5.41, 5.74) is 0.0868. The first-order valence-corrected chi connectivity index (χ1v) is 7.75. The first-order valence-electron chi connectivity index (χ1n) is 7.75. The Bertz CT molecular complexity index is 550. The van der Waals surface area contributed by atoms with Crippen molar-refractivity contribution in [2.24, 2.45) is 0 Å². The molecular weight excluding hydrogens is 296 g/mol. The van der Waals surface area contributed by atoms with Gasteiger partial charge in [-0.3, -0.25) is 9.59 Å². The van der Waals surface area contributed by atoms with E-state index in [-0.39, 0.29) is 23.9 Å². The van der Waals surface area contributed by atoms with E-state index in [0.717, 1.165) is 0 Å². The molecule has 0 atom stereocenters. The van der Waals surface area contributed by atoms with Crippen LogP contribution in [-0.2, 0) is 4.79 Å². The van der Waals surface area contributed by atoms with Gasteiger partial charge in [0.25, 0.3) is 5.91 Å². The maximum absolute atomic E-state index is 12.2. The van der Waals surface area contributed by atoms with Crippen molar-refractivity contribution >= 4 is 11.8 Å². The molecule has 0 saturated carbocycles. The first-order chi connectivity index (χ1) is 10.8. The third-order valence-corrected chi connectivity index (χ3v) is 2.73. The fourth-order valence-electron chi connectivity index (χ4n) is 1.92. The average Bonchev–Trinajstić information content (AvgIpc) is 2.45. The molecule has 0 fully saturated rings. The third kappa shape index (κ3) is 6.59. The van der Waals surface area contributed by atoms with Crippen LogP contribution in [0.1, 0.15) is 45.0 Å². The predicted octanol–water partition coefficient (Wildman–Crippen LogP) is 2.13. The van der Waals surface area contributed by atoms with Crippen molar-refractivity contribution in [1.29, 1.82) is 0 Å². The van der Waals surface area contributed by atoms with E-state index in [0.29, 0.717) is 30.3 Å². The van der Waals surface area contributed by atoms with Gasteiger partial charge in [0, 0.05) is 11.1 Å². The molecule has 0 aliphatic rings. The number of benzene rings is 1. The molecule has 0 aliphatic carbocycles. The molecule has 0 saturated heterocycles. The lowest BCUT2D eigenvalue weighted by Crippen LogP contribution is -2.45. The Labute approximate surface area is 137 Å². The van der Waals surface area contributed by atoms with Crippen molar-refractivity contribution in [3.8, 4) is 11.5 Å². The van der Waals surface area contributed by atoms with Gasteiger partial charge in [0.05, 0.1) is 19.8 Å². The Morgan fingerprint density at radius 2 is 1.65 bits per heavy atom. The topological polar surface area (TPSA) is 76.7 Å². The largest absolute Gasteiger partial charge is 0.490 e. The van der Waals surface area contributed by atoms with Gasteiger partial charge in [-0.1, -0.05) is 0 Å². The summed E-state index contributed by atoms with van der Waals surface area (Å²) in [7, 11) is 0. The third-order valence-electron chi connectivity index (χ3n) is 2.73. The Morgan fingerprint density at radius 3 is 2.22 bits per heavy atom. The minimum Gasteiger partial charge on any atom is -0.490 e. The second-order valence-corrected chi connectivity index (χ2v) is 6.01. The lowest BCUT2D eigenvalue weighted by molar-refractivity contribution is -0.121. The molecule has 0 aromatic heterocycles. The number of carbonyl (C=O) groups excluding carboxylic acids is 2. The molecule has 1 aromatic rings. The summed E-state index contributed by atoms with van der Waals surface area (Å²) in [6, 6.07) is 4.95. The van der Waals surface area contributed by atoms with Gasteiger partial charge in [0.1, 0.15) is 0 Å². The lowest BCUT2D eigenvalue weighted by Gasteiger charge is -2.20. The van der Waals surface area contributed by atoms with E-state index >= 15 is 0 Å². The summed E-state index contributed by atoms with van der Waals surface area (Å²) in [6.07, 6.45) is 0. The maximum Gasteiger partial charge on any atom is 0.251 e. The Morgan fingerprint density at radius 1 is 1.04 bits per heavy atom. The number of carbonyl (C=O) groups is 2. The van der Waals surface area contributed by atoms with Gasteiger partial charge < -0.3 is 20.1 Å². The van der Waals surface area contributed by atoms with Crippen LogP contribution in [0.3, 0.4) is 0 Å². The standard InChI is InChI=1S/C17H26N2O4/c1-6-22-13-9-8-12(10-14(13)23-7-2)16(21)18-11-15(20)19-17(3,4)5/h8-10H,6-7,11H2,1-5H3,(H,18,21)(H,19,20). The van der Waals surface area contributed by atoms with Crippen LogP contribution in [0.25, 0.3) is 0 Å². The SMILES string of the molecule is CCOc1ccc(C(=O)NCC(=O)NC(C)(C)C)cc1OCC. The second kappa shape index (κ2) is 8.41. The second-order valence-electron chi connectivity index (χ2n) is 6.01. The summed E-state index contributed by atoms with van der Waals surface area (Å²) in [6.45, 7) is 10.3. The summed E-state index contributed by atoms with van der Waals surface area (Å²) in [5, 5.41) is 5.38. The van der Waals surface area contributed by atoms with E-state index in [1.807, 2.05) is 34.6 Å². The van der Waals surface area contributed by atoms with E-state index in [1.54, 1.807) is 18.2 Å². The predicted molar refractivity (Wildman–Crippen MR) is 89.0 cm³/mol. The Balaban J connectivity index is 2.72. The highest BCUT2D eigenvalue weighted by Crippen LogP contribution is 2.28. The highest BCUT2D eigenvalue weighted by atomic mass is 16.5. The van der Waals surface area contributed by atoms with Crippen LogP contribution < -0.4 is 20.1 Å². The zero-order chi connectivity index (χ0) is 17.5. The molecule has 0 unspecified atom stereocenters. The maximum atomic E-state index is 12.2. The molecule has 23 heavy (non-hydrogen) atoms. The molecule has 1 aromatic carbocycles. The lowest BCUT2D eigenvalue weighted by atomic mass is 10.1. The number of rotatable bonds is 7. The van der Waals surface area contributed by atoms with Crippen molar-refractivity contribution in [2.75, 3.05) is 19.8 Å². The van der Waals surface area contributed by atoms with E-state index in [1.165, 1.54) is 0 Å². The fraction of sp³-hybridized carbons (Fsp3) is 0.529. The number of ether oxygens (including phenoxy) is 2. The van der Waals surface area contributed by atoms with E-state index in [4.69, 9.17) is 9.47 Å². The summed E-state index contributed by atoms with van der Waals surface area (Å²) >= 11 is 0. The van der Waals surface area contributed by atoms with Gasteiger partial charge in [-0.25, -0.2) is 0 Å². The number of amides is 2. The van der Waals surface area contributed by atoms with Crippen LogP contribution in [0, 0.1) is 0 Å².